The van der Waals surface area contributed by atoms with Gasteiger partial charge in [-0.3, -0.25) is 9.59 Å². The molecule has 1 heterocycles. The molecule has 0 aromatic heterocycles. The second-order valence-electron chi connectivity index (χ2n) is 5.98. The van der Waals surface area contributed by atoms with Crippen LogP contribution in [0.1, 0.15) is 24.0 Å². The van der Waals surface area contributed by atoms with Crippen LogP contribution in [-0.4, -0.2) is 38.4 Å². The maximum Gasteiger partial charge on any atom is 0.306 e. The Labute approximate surface area is 136 Å². The molecule has 1 amide bonds. The Morgan fingerprint density at radius 1 is 1.26 bits per heavy atom. The fourth-order valence-corrected chi connectivity index (χ4v) is 4.35. The maximum absolute atomic E-state index is 11.8. The molecule has 23 heavy (non-hydrogen) atoms. The summed E-state index contributed by atoms with van der Waals surface area (Å²) < 4.78 is 27.6. The van der Waals surface area contributed by atoms with Crippen molar-refractivity contribution >= 4 is 27.4 Å². The summed E-state index contributed by atoms with van der Waals surface area (Å²) in [5.74, 6) is -1.01. The van der Waals surface area contributed by atoms with Gasteiger partial charge in [-0.05, 0) is 49.4 Å². The van der Waals surface area contributed by atoms with Crippen LogP contribution in [0.2, 0.25) is 0 Å². The highest BCUT2D eigenvalue weighted by atomic mass is 32.2. The third-order valence-corrected chi connectivity index (χ3v) is 5.77. The van der Waals surface area contributed by atoms with E-state index in [1.807, 2.05) is 26.0 Å². The van der Waals surface area contributed by atoms with Crippen molar-refractivity contribution in [3.05, 3.63) is 29.3 Å². The van der Waals surface area contributed by atoms with E-state index in [1.165, 1.54) is 0 Å². The summed E-state index contributed by atoms with van der Waals surface area (Å²) in [6.45, 7) is 3.55. The van der Waals surface area contributed by atoms with Crippen molar-refractivity contribution in [1.29, 1.82) is 0 Å². The number of carbonyl (C=O) groups is 2. The van der Waals surface area contributed by atoms with E-state index in [9.17, 15) is 18.0 Å². The third-order valence-electron chi connectivity index (χ3n) is 3.94. The molecule has 0 unspecified atom stereocenters. The summed E-state index contributed by atoms with van der Waals surface area (Å²) in [5, 5.41) is 2.66. The van der Waals surface area contributed by atoms with Gasteiger partial charge in [0.1, 0.15) is 0 Å². The third kappa shape index (κ3) is 5.35. The quantitative estimate of drug-likeness (QED) is 0.823. The molecule has 0 spiro atoms. The predicted molar refractivity (Wildman–Crippen MR) is 86.9 cm³/mol. The van der Waals surface area contributed by atoms with Gasteiger partial charge in [-0.2, -0.15) is 0 Å². The second-order valence-corrected chi connectivity index (χ2v) is 8.21. The Hall–Kier alpha value is -1.89. The first-order valence-corrected chi connectivity index (χ1v) is 9.30. The molecule has 1 aromatic carbocycles. The first kappa shape index (κ1) is 17.5. The van der Waals surface area contributed by atoms with Crippen LogP contribution in [-0.2, 0) is 24.2 Å². The highest BCUT2D eigenvalue weighted by Crippen LogP contribution is 2.21. The Balaban J connectivity index is 1.75. The first-order valence-electron chi connectivity index (χ1n) is 7.48. The van der Waals surface area contributed by atoms with E-state index in [0.29, 0.717) is 12.1 Å². The molecule has 1 aliphatic rings. The molecule has 126 valence electrons. The number of esters is 1. The van der Waals surface area contributed by atoms with Gasteiger partial charge in [0, 0.05) is 12.1 Å². The Kier molecular flexibility index (Phi) is 5.41. The van der Waals surface area contributed by atoms with Gasteiger partial charge in [0.2, 0.25) is 0 Å². The summed E-state index contributed by atoms with van der Waals surface area (Å²) in [7, 11) is -3.01. The van der Waals surface area contributed by atoms with E-state index in [4.69, 9.17) is 4.74 Å². The van der Waals surface area contributed by atoms with E-state index in [2.05, 4.69) is 5.32 Å². The van der Waals surface area contributed by atoms with Gasteiger partial charge >= 0.3 is 5.97 Å². The minimum Gasteiger partial charge on any atom is -0.456 e. The topological polar surface area (TPSA) is 89.5 Å². The molecule has 1 N–H and O–H groups in total. The van der Waals surface area contributed by atoms with Crippen molar-refractivity contribution in [2.45, 2.75) is 26.7 Å². The minimum absolute atomic E-state index is 0.0247. The van der Waals surface area contributed by atoms with Crippen LogP contribution < -0.4 is 5.32 Å². The molecule has 1 aliphatic heterocycles. The number of amides is 1. The number of hydrogen-bond acceptors (Lipinski definition) is 5. The molecule has 6 nitrogen and oxygen atoms in total. The molecular formula is C16H21NO5S. The van der Waals surface area contributed by atoms with Crippen molar-refractivity contribution in [3.63, 3.8) is 0 Å². The lowest BCUT2D eigenvalue weighted by Gasteiger charge is -2.10. The predicted octanol–water partition coefficient (Wildman–Crippen LogP) is 1.61. The van der Waals surface area contributed by atoms with Gasteiger partial charge in [0.15, 0.2) is 16.4 Å². The van der Waals surface area contributed by atoms with Gasteiger partial charge in [-0.1, -0.05) is 6.07 Å². The summed E-state index contributed by atoms with van der Waals surface area (Å²) >= 11 is 0. The van der Waals surface area contributed by atoms with Crippen LogP contribution in [0.15, 0.2) is 18.2 Å². The molecule has 1 aromatic rings. The van der Waals surface area contributed by atoms with Crippen molar-refractivity contribution in [2.75, 3.05) is 23.4 Å². The zero-order valence-electron chi connectivity index (χ0n) is 13.3. The molecular weight excluding hydrogens is 318 g/mol. The van der Waals surface area contributed by atoms with E-state index in [1.54, 1.807) is 6.07 Å². The van der Waals surface area contributed by atoms with Crippen molar-refractivity contribution < 1.29 is 22.7 Å². The number of rotatable bonds is 5. The highest BCUT2D eigenvalue weighted by molar-refractivity contribution is 7.91. The fraction of sp³-hybridized carbons (Fsp3) is 0.500. The van der Waals surface area contributed by atoms with Crippen LogP contribution >= 0.6 is 0 Å². The molecule has 1 fully saturated rings. The van der Waals surface area contributed by atoms with Gasteiger partial charge in [-0.25, -0.2) is 8.42 Å². The van der Waals surface area contributed by atoms with Gasteiger partial charge in [0.25, 0.3) is 5.91 Å². The Morgan fingerprint density at radius 3 is 2.61 bits per heavy atom. The minimum atomic E-state index is -3.01. The summed E-state index contributed by atoms with van der Waals surface area (Å²) in [5.41, 5.74) is 2.83. The Morgan fingerprint density at radius 2 is 2.00 bits per heavy atom. The molecule has 1 atom stereocenters. The lowest BCUT2D eigenvalue weighted by atomic mass is 10.1. The summed E-state index contributed by atoms with van der Waals surface area (Å²) in [6.07, 6.45) is 0.516. The van der Waals surface area contributed by atoms with Crippen molar-refractivity contribution in [1.82, 2.24) is 0 Å². The van der Waals surface area contributed by atoms with Gasteiger partial charge in [-0.15, -0.1) is 0 Å². The smallest absolute Gasteiger partial charge is 0.306 e. The maximum atomic E-state index is 11.8. The van der Waals surface area contributed by atoms with Gasteiger partial charge < -0.3 is 10.1 Å². The molecule has 0 aliphatic carbocycles. The summed E-state index contributed by atoms with van der Waals surface area (Å²) in [6, 6.07) is 5.53. The standard InChI is InChI=1S/C16H21NO5S/c1-11-3-4-14(7-12(11)2)17-15(18)9-22-16(19)8-13-5-6-23(20,21)10-13/h3-4,7,13H,5-6,8-10H2,1-2H3,(H,17,18)/t13-/m0/s1. The van der Waals surface area contributed by atoms with Crippen LogP contribution in [0.25, 0.3) is 0 Å². The molecule has 0 bridgehead atoms. The van der Waals surface area contributed by atoms with Crippen molar-refractivity contribution in [3.8, 4) is 0 Å². The first-order chi connectivity index (χ1) is 10.7. The average molecular weight is 339 g/mol. The van der Waals surface area contributed by atoms with Crippen LogP contribution in [0, 0.1) is 19.8 Å². The lowest BCUT2D eigenvalue weighted by molar-refractivity contribution is -0.148. The molecule has 1 saturated heterocycles. The number of sulfone groups is 1. The number of benzene rings is 1. The monoisotopic (exact) mass is 339 g/mol. The number of hydrogen-bond donors (Lipinski definition) is 1. The van der Waals surface area contributed by atoms with Crippen LogP contribution in [0.5, 0.6) is 0 Å². The number of ether oxygens (including phenoxy) is 1. The highest BCUT2D eigenvalue weighted by Gasteiger charge is 2.29. The Bertz CT molecular complexity index is 711. The van der Waals surface area contributed by atoms with Crippen LogP contribution in [0.4, 0.5) is 5.69 Å². The normalized spacial score (nSPS) is 19.3. The number of carbonyl (C=O) groups excluding carboxylic acids is 2. The van der Waals surface area contributed by atoms with Crippen LogP contribution in [0.3, 0.4) is 0 Å². The summed E-state index contributed by atoms with van der Waals surface area (Å²) in [4.78, 5) is 23.4. The second kappa shape index (κ2) is 7.12. The van der Waals surface area contributed by atoms with Gasteiger partial charge in [0.05, 0.1) is 11.5 Å². The zero-order chi connectivity index (χ0) is 17.0. The zero-order valence-corrected chi connectivity index (χ0v) is 14.1. The molecule has 0 saturated carbocycles. The molecule has 7 heteroatoms. The van der Waals surface area contributed by atoms with E-state index < -0.39 is 21.7 Å². The van der Waals surface area contributed by atoms with Crippen molar-refractivity contribution in [2.24, 2.45) is 5.92 Å². The average Bonchev–Trinajstić information content (AvgIpc) is 2.80. The number of anilines is 1. The molecule has 0 radical (unpaired) electrons. The SMILES string of the molecule is Cc1ccc(NC(=O)COC(=O)C[C@@H]2CCS(=O)(=O)C2)cc1C. The largest absolute Gasteiger partial charge is 0.456 e. The van der Waals surface area contributed by atoms with E-state index >= 15 is 0 Å². The number of aryl methyl sites for hydroxylation is 2. The van der Waals surface area contributed by atoms with E-state index in [0.717, 1.165) is 11.1 Å². The molecule has 2 rings (SSSR count). The number of nitrogens with one attached hydrogen (secondary N) is 1. The lowest BCUT2D eigenvalue weighted by Crippen LogP contribution is -2.22. The fourth-order valence-electron chi connectivity index (χ4n) is 2.49. The van der Waals surface area contributed by atoms with E-state index in [-0.39, 0.29) is 30.5 Å².